The highest BCUT2D eigenvalue weighted by Gasteiger charge is 2.15. The second kappa shape index (κ2) is 7.62. The molecule has 0 saturated heterocycles. The summed E-state index contributed by atoms with van der Waals surface area (Å²) in [5.41, 5.74) is 1.95. The molecule has 1 heterocycles. The first-order valence-corrected chi connectivity index (χ1v) is 8.66. The Kier molecular flexibility index (Phi) is 5.30. The van der Waals surface area contributed by atoms with Crippen molar-refractivity contribution < 1.29 is 4.79 Å². The Balaban J connectivity index is 1.64. The van der Waals surface area contributed by atoms with E-state index in [1.165, 1.54) is 19.3 Å². The number of nitrogens with zero attached hydrogens (tertiary/aromatic N) is 2. The van der Waals surface area contributed by atoms with Crippen LogP contribution in [0, 0.1) is 6.92 Å². The van der Waals surface area contributed by atoms with Crippen molar-refractivity contribution in [2.24, 2.45) is 0 Å². The normalized spacial score (nSPS) is 15.1. The van der Waals surface area contributed by atoms with Gasteiger partial charge in [-0.3, -0.25) is 4.79 Å². The Labute approximate surface area is 146 Å². The second-order valence-electron chi connectivity index (χ2n) is 6.14. The van der Waals surface area contributed by atoms with Gasteiger partial charge >= 0.3 is 0 Å². The van der Waals surface area contributed by atoms with E-state index < -0.39 is 0 Å². The fraction of sp³-hybridized carbons (Fsp3) is 0.389. The van der Waals surface area contributed by atoms with Gasteiger partial charge in [-0.15, -0.1) is 0 Å². The van der Waals surface area contributed by atoms with Gasteiger partial charge in [0, 0.05) is 29.1 Å². The Morgan fingerprint density at radius 1 is 1.17 bits per heavy atom. The number of aromatic nitrogens is 2. The standard InChI is InChI=1S/C18H21ClN4O/c1-12-15(19)8-5-9-16(12)23-17(24)13-10-20-18(21-11-13)22-14-6-3-2-4-7-14/h5,8-11,14H,2-4,6-7H2,1H3,(H,23,24)(H,20,21,22). The van der Waals surface area contributed by atoms with E-state index in [-0.39, 0.29) is 5.91 Å². The molecule has 1 aliphatic rings. The summed E-state index contributed by atoms with van der Waals surface area (Å²) in [5, 5.41) is 6.81. The predicted octanol–water partition coefficient (Wildman–Crippen LogP) is 4.44. The van der Waals surface area contributed by atoms with Crippen molar-refractivity contribution in [3.05, 3.63) is 46.7 Å². The first kappa shape index (κ1) is 16.7. The van der Waals surface area contributed by atoms with Crippen molar-refractivity contribution in [1.29, 1.82) is 0 Å². The molecule has 1 amide bonds. The third-order valence-electron chi connectivity index (χ3n) is 4.37. The van der Waals surface area contributed by atoms with Crippen LogP contribution >= 0.6 is 11.6 Å². The van der Waals surface area contributed by atoms with Crippen LogP contribution in [0.2, 0.25) is 5.02 Å². The fourth-order valence-corrected chi connectivity index (χ4v) is 3.06. The van der Waals surface area contributed by atoms with Gasteiger partial charge in [0.15, 0.2) is 0 Å². The lowest BCUT2D eigenvalue weighted by Gasteiger charge is -2.22. The smallest absolute Gasteiger partial charge is 0.258 e. The quantitative estimate of drug-likeness (QED) is 0.860. The zero-order valence-corrected chi connectivity index (χ0v) is 14.4. The zero-order chi connectivity index (χ0) is 16.9. The summed E-state index contributed by atoms with van der Waals surface area (Å²) in [7, 11) is 0. The summed E-state index contributed by atoms with van der Waals surface area (Å²) in [6.45, 7) is 1.87. The van der Waals surface area contributed by atoms with Gasteiger partial charge in [0.25, 0.3) is 5.91 Å². The monoisotopic (exact) mass is 344 g/mol. The summed E-state index contributed by atoms with van der Waals surface area (Å²) >= 11 is 6.07. The van der Waals surface area contributed by atoms with E-state index in [4.69, 9.17) is 11.6 Å². The van der Waals surface area contributed by atoms with Gasteiger partial charge in [0.05, 0.1) is 5.56 Å². The van der Waals surface area contributed by atoms with Gasteiger partial charge < -0.3 is 10.6 Å². The summed E-state index contributed by atoms with van der Waals surface area (Å²) < 4.78 is 0. The van der Waals surface area contributed by atoms with E-state index in [0.29, 0.717) is 28.3 Å². The molecule has 3 rings (SSSR count). The van der Waals surface area contributed by atoms with Crippen molar-refractivity contribution in [2.75, 3.05) is 10.6 Å². The van der Waals surface area contributed by atoms with Gasteiger partial charge in [-0.05, 0) is 37.5 Å². The van der Waals surface area contributed by atoms with E-state index in [1.54, 1.807) is 24.5 Å². The number of carbonyl (C=O) groups is 1. The molecule has 0 aliphatic heterocycles. The van der Waals surface area contributed by atoms with Crippen LogP contribution in [0.4, 0.5) is 11.6 Å². The molecule has 0 atom stereocenters. The molecule has 1 fully saturated rings. The molecule has 0 radical (unpaired) electrons. The fourth-order valence-electron chi connectivity index (χ4n) is 2.89. The molecule has 24 heavy (non-hydrogen) atoms. The Bertz CT molecular complexity index is 711. The number of anilines is 2. The topological polar surface area (TPSA) is 66.9 Å². The number of hydrogen-bond donors (Lipinski definition) is 2. The summed E-state index contributed by atoms with van der Waals surface area (Å²) in [5.74, 6) is 0.335. The van der Waals surface area contributed by atoms with Gasteiger partial charge in [-0.25, -0.2) is 9.97 Å². The molecule has 0 bridgehead atoms. The van der Waals surface area contributed by atoms with Gasteiger partial charge in [0.2, 0.25) is 5.95 Å². The number of hydrogen-bond acceptors (Lipinski definition) is 4. The van der Waals surface area contributed by atoms with Crippen LogP contribution in [0.5, 0.6) is 0 Å². The molecular weight excluding hydrogens is 324 g/mol. The lowest BCUT2D eigenvalue weighted by Crippen LogP contribution is -2.23. The molecule has 2 N–H and O–H groups in total. The highest BCUT2D eigenvalue weighted by molar-refractivity contribution is 6.31. The van der Waals surface area contributed by atoms with Crippen LogP contribution in [0.15, 0.2) is 30.6 Å². The van der Waals surface area contributed by atoms with Crippen molar-refractivity contribution in [3.63, 3.8) is 0 Å². The molecule has 1 aliphatic carbocycles. The average Bonchev–Trinajstić information content (AvgIpc) is 2.60. The Morgan fingerprint density at radius 3 is 2.58 bits per heavy atom. The van der Waals surface area contributed by atoms with E-state index in [1.807, 2.05) is 13.0 Å². The van der Waals surface area contributed by atoms with E-state index in [9.17, 15) is 4.79 Å². The summed E-state index contributed by atoms with van der Waals surface area (Å²) in [6.07, 6.45) is 9.20. The molecule has 0 unspecified atom stereocenters. The highest BCUT2D eigenvalue weighted by Crippen LogP contribution is 2.23. The maximum Gasteiger partial charge on any atom is 0.258 e. The Hall–Kier alpha value is -2.14. The molecule has 1 aromatic carbocycles. The largest absolute Gasteiger partial charge is 0.351 e. The number of nitrogens with one attached hydrogen (secondary N) is 2. The minimum Gasteiger partial charge on any atom is -0.351 e. The molecule has 6 heteroatoms. The van der Waals surface area contributed by atoms with Crippen molar-refractivity contribution >= 4 is 29.1 Å². The molecule has 2 aromatic rings. The molecule has 0 spiro atoms. The van der Waals surface area contributed by atoms with Gasteiger partial charge in [-0.2, -0.15) is 0 Å². The number of halogens is 1. The predicted molar refractivity (Wildman–Crippen MR) is 96.7 cm³/mol. The van der Waals surface area contributed by atoms with E-state index in [2.05, 4.69) is 20.6 Å². The van der Waals surface area contributed by atoms with Crippen LogP contribution in [0.25, 0.3) is 0 Å². The molecule has 5 nitrogen and oxygen atoms in total. The lowest BCUT2D eigenvalue weighted by molar-refractivity contribution is 0.102. The maximum absolute atomic E-state index is 12.3. The van der Waals surface area contributed by atoms with Crippen molar-refractivity contribution in [3.8, 4) is 0 Å². The van der Waals surface area contributed by atoms with Crippen LogP contribution in [-0.4, -0.2) is 21.9 Å². The van der Waals surface area contributed by atoms with E-state index in [0.717, 1.165) is 18.4 Å². The third-order valence-corrected chi connectivity index (χ3v) is 4.78. The number of benzene rings is 1. The minimum atomic E-state index is -0.246. The van der Waals surface area contributed by atoms with Crippen LogP contribution in [0.3, 0.4) is 0 Å². The molecule has 1 aromatic heterocycles. The van der Waals surface area contributed by atoms with Crippen molar-refractivity contribution in [2.45, 2.75) is 45.1 Å². The third kappa shape index (κ3) is 4.03. The minimum absolute atomic E-state index is 0.246. The molecule has 126 valence electrons. The zero-order valence-electron chi connectivity index (χ0n) is 13.7. The first-order valence-electron chi connectivity index (χ1n) is 8.28. The first-order chi connectivity index (χ1) is 11.6. The van der Waals surface area contributed by atoms with Crippen molar-refractivity contribution in [1.82, 2.24) is 9.97 Å². The number of carbonyl (C=O) groups excluding carboxylic acids is 1. The second-order valence-corrected chi connectivity index (χ2v) is 6.55. The summed E-state index contributed by atoms with van der Waals surface area (Å²) in [6, 6.07) is 5.85. The van der Waals surface area contributed by atoms with Gasteiger partial charge in [0.1, 0.15) is 0 Å². The SMILES string of the molecule is Cc1c(Cl)cccc1NC(=O)c1cnc(NC2CCCCC2)nc1. The number of rotatable bonds is 4. The summed E-state index contributed by atoms with van der Waals surface area (Å²) in [4.78, 5) is 20.9. The van der Waals surface area contributed by atoms with Crippen LogP contribution < -0.4 is 10.6 Å². The van der Waals surface area contributed by atoms with E-state index >= 15 is 0 Å². The van der Waals surface area contributed by atoms with Crippen LogP contribution in [-0.2, 0) is 0 Å². The van der Waals surface area contributed by atoms with Gasteiger partial charge in [-0.1, -0.05) is 36.9 Å². The average molecular weight is 345 g/mol. The molecule has 1 saturated carbocycles. The Morgan fingerprint density at radius 2 is 1.88 bits per heavy atom. The highest BCUT2D eigenvalue weighted by atomic mass is 35.5. The molecular formula is C18H21ClN4O. The van der Waals surface area contributed by atoms with Crippen LogP contribution in [0.1, 0.15) is 48.0 Å². The number of amides is 1. The maximum atomic E-state index is 12.3. The lowest BCUT2D eigenvalue weighted by atomic mass is 9.96.